The summed E-state index contributed by atoms with van der Waals surface area (Å²) in [5, 5.41) is 0. The smallest absolute Gasteiger partial charge is 0.211 e. The van der Waals surface area contributed by atoms with Gasteiger partial charge in [0.1, 0.15) is 5.82 Å². The highest BCUT2D eigenvalue weighted by atomic mass is 16.5. The first-order chi connectivity index (χ1) is 17.3. The molecule has 5 rings (SSSR count). The fourth-order valence-electron chi connectivity index (χ4n) is 5.11. The molecule has 0 bridgehead atoms. The Kier molecular flexibility index (Phi) is 6.81. The van der Waals surface area contributed by atoms with Crippen molar-refractivity contribution in [2.24, 2.45) is 0 Å². The SMILES string of the molecule is Cc1nc(N2C[C@@H](C)O[C@@H](C)C2)n2c1cnc1ccc(-c3ccc(N(C)CCCN(C)C)nc3)cc12. The van der Waals surface area contributed by atoms with E-state index in [1.807, 2.05) is 12.4 Å². The molecule has 1 aliphatic rings. The van der Waals surface area contributed by atoms with Crippen LogP contribution in [0.5, 0.6) is 0 Å². The van der Waals surface area contributed by atoms with E-state index in [-0.39, 0.29) is 12.2 Å². The highest BCUT2D eigenvalue weighted by Crippen LogP contribution is 2.30. The van der Waals surface area contributed by atoms with E-state index in [1.54, 1.807) is 0 Å². The first-order valence-electron chi connectivity index (χ1n) is 12.8. The van der Waals surface area contributed by atoms with E-state index in [9.17, 15) is 0 Å². The minimum Gasteiger partial charge on any atom is -0.372 e. The van der Waals surface area contributed by atoms with Crippen molar-refractivity contribution in [3.05, 3.63) is 48.4 Å². The predicted octanol–water partition coefficient (Wildman–Crippen LogP) is 4.25. The van der Waals surface area contributed by atoms with Gasteiger partial charge in [0.2, 0.25) is 5.95 Å². The summed E-state index contributed by atoms with van der Waals surface area (Å²) in [6.07, 6.45) is 5.33. The Morgan fingerprint density at radius 3 is 2.36 bits per heavy atom. The Morgan fingerprint density at radius 2 is 1.67 bits per heavy atom. The molecule has 1 saturated heterocycles. The van der Waals surface area contributed by atoms with Gasteiger partial charge in [-0.2, -0.15) is 0 Å². The van der Waals surface area contributed by atoms with E-state index >= 15 is 0 Å². The zero-order valence-corrected chi connectivity index (χ0v) is 22.3. The van der Waals surface area contributed by atoms with E-state index in [4.69, 9.17) is 19.7 Å². The molecule has 4 aromatic rings. The summed E-state index contributed by atoms with van der Waals surface area (Å²) in [6.45, 7) is 9.99. The van der Waals surface area contributed by atoms with Crippen LogP contribution in [0.15, 0.2) is 42.7 Å². The number of hydrogen-bond donors (Lipinski definition) is 0. The van der Waals surface area contributed by atoms with Gasteiger partial charge in [-0.05, 0) is 77.7 Å². The van der Waals surface area contributed by atoms with Crippen LogP contribution in [-0.4, -0.2) is 83.8 Å². The van der Waals surface area contributed by atoms with Crippen molar-refractivity contribution in [2.75, 3.05) is 57.1 Å². The van der Waals surface area contributed by atoms with Crippen molar-refractivity contribution in [1.29, 1.82) is 0 Å². The maximum atomic E-state index is 5.98. The molecule has 2 atom stereocenters. The lowest BCUT2D eigenvalue weighted by molar-refractivity contribution is -0.00573. The van der Waals surface area contributed by atoms with E-state index in [0.717, 1.165) is 77.7 Å². The zero-order valence-electron chi connectivity index (χ0n) is 22.3. The molecule has 0 spiro atoms. The minimum absolute atomic E-state index is 0.163. The quantitative estimate of drug-likeness (QED) is 0.386. The molecule has 190 valence electrons. The molecule has 0 N–H and O–H groups in total. The van der Waals surface area contributed by atoms with Gasteiger partial charge in [-0.3, -0.25) is 9.38 Å². The lowest BCUT2D eigenvalue weighted by atomic mass is 10.1. The summed E-state index contributed by atoms with van der Waals surface area (Å²) in [5.74, 6) is 1.95. The third-order valence-electron chi connectivity index (χ3n) is 6.90. The fourth-order valence-corrected chi connectivity index (χ4v) is 5.11. The molecule has 1 aromatic carbocycles. The van der Waals surface area contributed by atoms with Crippen molar-refractivity contribution in [1.82, 2.24) is 24.3 Å². The zero-order chi connectivity index (χ0) is 25.4. The lowest BCUT2D eigenvalue weighted by Gasteiger charge is -2.35. The van der Waals surface area contributed by atoms with Crippen LogP contribution in [-0.2, 0) is 4.74 Å². The second-order valence-corrected chi connectivity index (χ2v) is 10.3. The average molecular weight is 488 g/mol. The maximum Gasteiger partial charge on any atom is 0.211 e. The number of imidazole rings is 1. The van der Waals surface area contributed by atoms with Crippen molar-refractivity contribution >= 4 is 28.3 Å². The van der Waals surface area contributed by atoms with Gasteiger partial charge < -0.3 is 19.4 Å². The molecule has 1 fully saturated rings. The summed E-state index contributed by atoms with van der Waals surface area (Å²) in [5.41, 5.74) is 6.23. The Balaban J connectivity index is 1.49. The molecule has 0 aliphatic carbocycles. The van der Waals surface area contributed by atoms with E-state index in [1.165, 1.54) is 0 Å². The molecule has 4 heterocycles. The molecule has 8 heteroatoms. The first-order valence-corrected chi connectivity index (χ1v) is 12.8. The third-order valence-corrected chi connectivity index (χ3v) is 6.90. The normalized spacial score (nSPS) is 18.5. The Hall–Kier alpha value is -3.23. The highest BCUT2D eigenvalue weighted by Gasteiger charge is 2.26. The van der Waals surface area contributed by atoms with Gasteiger partial charge in [0.15, 0.2) is 0 Å². The van der Waals surface area contributed by atoms with Crippen molar-refractivity contribution < 1.29 is 4.74 Å². The predicted molar refractivity (Wildman–Crippen MR) is 147 cm³/mol. The van der Waals surface area contributed by atoms with Crippen molar-refractivity contribution in [2.45, 2.75) is 39.4 Å². The standard InChI is InChI=1S/C28H37N7O/c1-19-17-34(18-20(2)36-19)28-31-21(3)26-16-29-24-10-8-22(14-25(24)35(26)28)23-9-11-27(30-15-23)33(6)13-7-12-32(4)5/h8-11,14-16,19-20H,7,12-13,17-18H2,1-6H3/t19-,20+. The topological polar surface area (TPSA) is 62.0 Å². The Labute approximate surface area is 213 Å². The molecule has 8 nitrogen and oxygen atoms in total. The van der Waals surface area contributed by atoms with Crippen LogP contribution in [0.25, 0.3) is 27.7 Å². The van der Waals surface area contributed by atoms with Gasteiger partial charge in [-0.25, -0.2) is 9.97 Å². The van der Waals surface area contributed by atoms with Crippen LogP contribution in [0, 0.1) is 6.92 Å². The van der Waals surface area contributed by atoms with Crippen LogP contribution >= 0.6 is 0 Å². The number of rotatable bonds is 7. The summed E-state index contributed by atoms with van der Waals surface area (Å²) in [7, 11) is 6.32. The van der Waals surface area contributed by atoms with Gasteiger partial charge in [0.05, 0.1) is 40.6 Å². The number of benzene rings is 1. The summed E-state index contributed by atoms with van der Waals surface area (Å²) >= 11 is 0. The largest absolute Gasteiger partial charge is 0.372 e. The molecule has 0 amide bonds. The molecule has 0 unspecified atom stereocenters. The van der Waals surface area contributed by atoms with Gasteiger partial charge in [-0.1, -0.05) is 6.07 Å². The highest BCUT2D eigenvalue weighted by molar-refractivity contribution is 5.85. The van der Waals surface area contributed by atoms with Crippen LogP contribution in [0.4, 0.5) is 11.8 Å². The van der Waals surface area contributed by atoms with Gasteiger partial charge in [0, 0.05) is 38.4 Å². The van der Waals surface area contributed by atoms with E-state index in [0.29, 0.717) is 0 Å². The van der Waals surface area contributed by atoms with Gasteiger partial charge in [0.25, 0.3) is 0 Å². The number of aromatic nitrogens is 4. The molecule has 0 saturated carbocycles. The number of pyridine rings is 1. The average Bonchev–Trinajstić information content (AvgIpc) is 3.20. The molecule has 3 aromatic heterocycles. The Bertz CT molecular complexity index is 1340. The number of fused-ring (bicyclic) bond motifs is 3. The third kappa shape index (κ3) is 4.88. The fraction of sp³-hybridized carbons (Fsp3) is 0.464. The van der Waals surface area contributed by atoms with Crippen LogP contribution in [0.1, 0.15) is 26.0 Å². The maximum absolute atomic E-state index is 5.98. The summed E-state index contributed by atoms with van der Waals surface area (Å²) in [6, 6.07) is 10.7. The van der Waals surface area contributed by atoms with Crippen molar-refractivity contribution in [3.63, 3.8) is 0 Å². The van der Waals surface area contributed by atoms with Crippen LogP contribution in [0.3, 0.4) is 0 Å². The number of aryl methyl sites for hydroxylation is 1. The molecule has 1 aliphatic heterocycles. The van der Waals surface area contributed by atoms with E-state index in [2.05, 4.69) is 91.3 Å². The number of nitrogens with zero attached hydrogens (tertiary/aromatic N) is 7. The molecule has 36 heavy (non-hydrogen) atoms. The molecule has 0 radical (unpaired) electrons. The van der Waals surface area contributed by atoms with Crippen molar-refractivity contribution in [3.8, 4) is 11.1 Å². The first kappa shape index (κ1) is 24.5. The second-order valence-electron chi connectivity index (χ2n) is 10.3. The molecular weight excluding hydrogens is 450 g/mol. The van der Waals surface area contributed by atoms with Crippen LogP contribution < -0.4 is 9.80 Å². The van der Waals surface area contributed by atoms with E-state index < -0.39 is 0 Å². The lowest BCUT2D eigenvalue weighted by Crippen LogP contribution is -2.46. The van der Waals surface area contributed by atoms with Gasteiger partial charge >= 0.3 is 0 Å². The van der Waals surface area contributed by atoms with Gasteiger partial charge in [-0.15, -0.1) is 0 Å². The minimum atomic E-state index is 0.163. The summed E-state index contributed by atoms with van der Waals surface area (Å²) in [4.78, 5) is 21.2. The van der Waals surface area contributed by atoms with Crippen LogP contribution in [0.2, 0.25) is 0 Å². The monoisotopic (exact) mass is 487 g/mol. The Morgan fingerprint density at radius 1 is 0.917 bits per heavy atom. The summed E-state index contributed by atoms with van der Waals surface area (Å²) < 4.78 is 8.23. The number of ether oxygens (including phenoxy) is 1. The number of morpholine rings is 1. The second kappa shape index (κ2) is 10.0. The number of anilines is 2. The number of hydrogen-bond acceptors (Lipinski definition) is 7. The molecular formula is C28H37N7O.